The zero-order valence-corrected chi connectivity index (χ0v) is 13.4. The summed E-state index contributed by atoms with van der Waals surface area (Å²) in [5.41, 5.74) is 0.825. The van der Waals surface area contributed by atoms with Crippen LogP contribution in [0.15, 0.2) is 24.3 Å². The molecule has 114 valence electrons. The Morgan fingerprint density at radius 1 is 1.24 bits per heavy atom. The first-order valence-corrected chi connectivity index (χ1v) is 6.88. The van der Waals surface area contributed by atoms with E-state index in [9.17, 15) is 4.79 Å². The molecule has 5 nitrogen and oxygen atoms in total. The van der Waals surface area contributed by atoms with Gasteiger partial charge in [-0.1, -0.05) is 6.07 Å². The minimum absolute atomic E-state index is 0.174. The van der Waals surface area contributed by atoms with E-state index < -0.39 is 0 Å². The second kappa shape index (κ2) is 8.26. The molecule has 0 heterocycles. The molecule has 21 heavy (non-hydrogen) atoms. The fourth-order valence-electron chi connectivity index (χ4n) is 1.58. The molecule has 0 fully saturated rings. The minimum Gasteiger partial charge on any atom is -0.493 e. The Morgan fingerprint density at radius 2 is 1.90 bits per heavy atom. The minimum atomic E-state index is -0.289. The van der Waals surface area contributed by atoms with E-state index in [1.165, 1.54) is 6.08 Å². The Hall–Kier alpha value is -2.08. The molecular weight excluding hydrogens is 288 g/mol. The second-order valence-electron chi connectivity index (χ2n) is 4.57. The topological polar surface area (TPSA) is 59.6 Å². The second-order valence-corrected chi connectivity index (χ2v) is 4.97. The summed E-state index contributed by atoms with van der Waals surface area (Å²) in [4.78, 5) is 11.7. The van der Waals surface area contributed by atoms with Crippen molar-refractivity contribution in [3.05, 3.63) is 29.8 Å². The van der Waals surface area contributed by atoms with E-state index in [4.69, 9.17) is 21.7 Å². The van der Waals surface area contributed by atoms with Gasteiger partial charge in [0.25, 0.3) is 0 Å². The summed E-state index contributed by atoms with van der Waals surface area (Å²) in [5.74, 6) is 0.960. The van der Waals surface area contributed by atoms with Gasteiger partial charge in [0.15, 0.2) is 16.6 Å². The molecule has 0 aromatic heterocycles. The van der Waals surface area contributed by atoms with Crippen molar-refractivity contribution in [1.82, 2.24) is 10.6 Å². The van der Waals surface area contributed by atoms with Crippen LogP contribution in [-0.4, -0.2) is 31.3 Å². The monoisotopic (exact) mass is 308 g/mol. The van der Waals surface area contributed by atoms with Gasteiger partial charge in [-0.15, -0.1) is 0 Å². The van der Waals surface area contributed by atoms with E-state index in [2.05, 4.69) is 10.6 Å². The number of hydrogen-bond acceptors (Lipinski definition) is 4. The van der Waals surface area contributed by atoms with Gasteiger partial charge in [-0.25, -0.2) is 0 Å². The molecule has 0 bridgehead atoms. The molecule has 0 aliphatic carbocycles. The van der Waals surface area contributed by atoms with Crippen LogP contribution in [0.2, 0.25) is 0 Å². The summed E-state index contributed by atoms with van der Waals surface area (Å²) < 4.78 is 10.4. The van der Waals surface area contributed by atoms with Crippen LogP contribution in [0.1, 0.15) is 19.4 Å². The van der Waals surface area contributed by atoms with E-state index >= 15 is 0 Å². The maximum absolute atomic E-state index is 11.7. The van der Waals surface area contributed by atoms with E-state index in [1.54, 1.807) is 32.4 Å². The molecule has 1 aromatic rings. The van der Waals surface area contributed by atoms with E-state index in [1.807, 2.05) is 19.9 Å². The number of amides is 1. The Morgan fingerprint density at radius 3 is 2.48 bits per heavy atom. The Kier molecular flexibility index (Phi) is 6.68. The molecule has 0 aliphatic heterocycles. The fourth-order valence-corrected chi connectivity index (χ4v) is 1.92. The van der Waals surface area contributed by atoms with Crippen molar-refractivity contribution in [3.8, 4) is 11.5 Å². The number of methoxy groups -OCH3 is 2. The van der Waals surface area contributed by atoms with Crippen molar-refractivity contribution in [2.45, 2.75) is 19.9 Å². The van der Waals surface area contributed by atoms with Crippen LogP contribution in [0, 0.1) is 0 Å². The molecule has 1 amide bonds. The third kappa shape index (κ3) is 5.83. The van der Waals surface area contributed by atoms with Gasteiger partial charge in [0.2, 0.25) is 5.91 Å². The average Bonchev–Trinajstić information content (AvgIpc) is 2.43. The molecule has 0 unspecified atom stereocenters. The molecule has 0 radical (unpaired) electrons. The quantitative estimate of drug-likeness (QED) is 0.644. The van der Waals surface area contributed by atoms with Crippen LogP contribution in [0.3, 0.4) is 0 Å². The van der Waals surface area contributed by atoms with Crippen molar-refractivity contribution in [3.63, 3.8) is 0 Å². The first-order chi connectivity index (χ1) is 9.96. The molecular formula is C15H20N2O3S. The third-order valence-electron chi connectivity index (χ3n) is 2.49. The van der Waals surface area contributed by atoms with Gasteiger partial charge in [0.05, 0.1) is 14.2 Å². The van der Waals surface area contributed by atoms with Gasteiger partial charge in [-0.3, -0.25) is 10.1 Å². The van der Waals surface area contributed by atoms with E-state index in [-0.39, 0.29) is 11.9 Å². The van der Waals surface area contributed by atoms with Gasteiger partial charge >= 0.3 is 0 Å². The normalized spacial score (nSPS) is 10.5. The van der Waals surface area contributed by atoms with Crippen molar-refractivity contribution in [2.75, 3.05) is 14.2 Å². The van der Waals surface area contributed by atoms with E-state index in [0.29, 0.717) is 16.6 Å². The number of hydrogen-bond donors (Lipinski definition) is 2. The standard InChI is InChI=1S/C15H20N2O3S/c1-10(2)16-15(21)17-14(18)8-6-11-5-7-12(19-3)13(9-11)20-4/h5-10H,1-4H3,(H2,16,17,18,21). The zero-order valence-electron chi connectivity index (χ0n) is 12.6. The Labute approximate surface area is 130 Å². The summed E-state index contributed by atoms with van der Waals surface area (Å²) in [6, 6.07) is 5.57. The molecule has 0 spiro atoms. The summed E-state index contributed by atoms with van der Waals surface area (Å²) in [7, 11) is 3.14. The lowest BCUT2D eigenvalue weighted by molar-refractivity contribution is -0.115. The van der Waals surface area contributed by atoms with Crippen LogP contribution >= 0.6 is 12.2 Å². The Bertz CT molecular complexity index is 542. The number of rotatable bonds is 5. The highest BCUT2D eigenvalue weighted by atomic mass is 32.1. The van der Waals surface area contributed by atoms with Crippen LogP contribution in [0.5, 0.6) is 11.5 Å². The van der Waals surface area contributed by atoms with Gasteiger partial charge in [0.1, 0.15) is 0 Å². The third-order valence-corrected chi connectivity index (χ3v) is 2.71. The molecule has 0 aliphatic rings. The number of carbonyl (C=O) groups excluding carboxylic acids is 1. The number of benzene rings is 1. The summed E-state index contributed by atoms with van der Waals surface area (Å²) in [5, 5.41) is 5.82. The molecule has 1 aromatic carbocycles. The van der Waals surface area contributed by atoms with Crippen molar-refractivity contribution in [2.24, 2.45) is 0 Å². The molecule has 1 rings (SSSR count). The molecule has 0 saturated carbocycles. The maximum atomic E-state index is 11.7. The first-order valence-electron chi connectivity index (χ1n) is 6.48. The van der Waals surface area contributed by atoms with Crippen LogP contribution in [-0.2, 0) is 4.79 Å². The summed E-state index contributed by atoms with van der Waals surface area (Å²) >= 11 is 5.00. The van der Waals surface area contributed by atoms with Crippen molar-refractivity contribution in [1.29, 1.82) is 0 Å². The highest BCUT2D eigenvalue weighted by molar-refractivity contribution is 7.80. The predicted molar refractivity (Wildman–Crippen MR) is 87.6 cm³/mol. The smallest absolute Gasteiger partial charge is 0.250 e. The van der Waals surface area contributed by atoms with Gasteiger partial charge in [-0.2, -0.15) is 0 Å². The summed E-state index contributed by atoms with van der Waals surface area (Å²) in [6.07, 6.45) is 3.09. The van der Waals surface area contributed by atoms with Crippen molar-refractivity contribution < 1.29 is 14.3 Å². The maximum Gasteiger partial charge on any atom is 0.250 e. The van der Waals surface area contributed by atoms with Crippen molar-refractivity contribution >= 4 is 29.3 Å². The highest BCUT2D eigenvalue weighted by Crippen LogP contribution is 2.27. The highest BCUT2D eigenvalue weighted by Gasteiger charge is 2.04. The average molecular weight is 308 g/mol. The van der Waals surface area contributed by atoms with Crippen LogP contribution in [0.4, 0.5) is 0 Å². The fraction of sp³-hybridized carbons (Fsp3) is 0.333. The number of carbonyl (C=O) groups is 1. The zero-order chi connectivity index (χ0) is 15.8. The first kappa shape index (κ1) is 17.0. The molecule has 0 saturated heterocycles. The van der Waals surface area contributed by atoms with Gasteiger partial charge in [0, 0.05) is 12.1 Å². The largest absolute Gasteiger partial charge is 0.493 e. The number of nitrogens with one attached hydrogen (secondary N) is 2. The molecule has 2 N–H and O–H groups in total. The van der Waals surface area contributed by atoms with Gasteiger partial charge < -0.3 is 14.8 Å². The van der Waals surface area contributed by atoms with Crippen LogP contribution in [0.25, 0.3) is 6.08 Å². The Balaban J connectivity index is 2.68. The predicted octanol–water partition coefficient (Wildman–Crippen LogP) is 2.12. The van der Waals surface area contributed by atoms with Gasteiger partial charge in [-0.05, 0) is 49.8 Å². The number of thiocarbonyl (C=S) groups is 1. The lowest BCUT2D eigenvalue weighted by Gasteiger charge is -2.10. The lowest BCUT2D eigenvalue weighted by Crippen LogP contribution is -2.41. The number of ether oxygens (including phenoxy) is 2. The van der Waals surface area contributed by atoms with E-state index in [0.717, 1.165) is 5.56 Å². The molecule has 6 heteroatoms. The van der Waals surface area contributed by atoms with Crippen LogP contribution < -0.4 is 20.1 Å². The summed E-state index contributed by atoms with van der Waals surface area (Å²) in [6.45, 7) is 3.88. The SMILES string of the molecule is COc1ccc(C=CC(=O)NC(=S)NC(C)C)cc1OC. The lowest BCUT2D eigenvalue weighted by atomic mass is 10.2. The molecule has 0 atom stereocenters.